The van der Waals surface area contributed by atoms with E-state index in [0.29, 0.717) is 16.7 Å². The molecule has 192 valence electrons. The van der Waals surface area contributed by atoms with E-state index in [0.717, 1.165) is 0 Å². The second-order valence-electron chi connectivity index (χ2n) is 8.28. The molecule has 0 bridgehead atoms. The van der Waals surface area contributed by atoms with Crippen LogP contribution in [0.25, 0.3) is 0 Å². The van der Waals surface area contributed by atoms with E-state index in [9.17, 15) is 28.8 Å². The molecule has 4 rings (SSSR count). The van der Waals surface area contributed by atoms with Crippen LogP contribution >= 0.6 is 0 Å². The van der Waals surface area contributed by atoms with Crippen LogP contribution in [-0.2, 0) is 28.6 Å². The third-order valence-electron chi connectivity index (χ3n) is 5.58. The maximum Gasteiger partial charge on any atom is 0.343 e. The summed E-state index contributed by atoms with van der Waals surface area (Å²) in [4.78, 5) is 71.1. The van der Waals surface area contributed by atoms with Crippen molar-refractivity contribution in [2.24, 2.45) is 0 Å². The van der Waals surface area contributed by atoms with Gasteiger partial charge in [-0.05, 0) is 72.9 Å². The standard InChI is InChI=1S/C30H18O9/c31-16-19-1-7-25(8-2-19)37-28(34)22-13-23(29(35)38-26-9-3-20(17-32)4-10-26)15-24(14-22)30(36)39-27-11-5-21(18-33)6-12-27/h1,3,5,7-15H,2,4,6H2. The first-order chi connectivity index (χ1) is 18.9. The van der Waals surface area contributed by atoms with Crippen molar-refractivity contribution in [1.29, 1.82) is 0 Å². The number of allylic oxidation sites excluding steroid dienone is 12. The first kappa shape index (κ1) is 26.5. The molecule has 0 aromatic heterocycles. The number of esters is 3. The number of ether oxygens (including phenoxy) is 3. The van der Waals surface area contributed by atoms with Gasteiger partial charge in [0.05, 0.1) is 16.7 Å². The second-order valence-corrected chi connectivity index (χ2v) is 8.28. The Balaban J connectivity index is 1.60. The topological polar surface area (TPSA) is 130 Å². The third-order valence-corrected chi connectivity index (χ3v) is 5.58. The minimum absolute atomic E-state index is 0.138. The molecule has 0 heterocycles. The highest BCUT2D eigenvalue weighted by molar-refractivity contribution is 6.01. The van der Waals surface area contributed by atoms with Crippen LogP contribution in [0.2, 0.25) is 0 Å². The fourth-order valence-electron chi connectivity index (χ4n) is 3.52. The number of carbonyl (C=O) groups excluding carboxylic acids is 6. The van der Waals surface area contributed by atoms with E-state index >= 15 is 0 Å². The zero-order valence-electron chi connectivity index (χ0n) is 20.2. The minimum atomic E-state index is -0.872. The van der Waals surface area contributed by atoms with Gasteiger partial charge >= 0.3 is 17.9 Å². The molecular formula is C30H18O9. The zero-order valence-corrected chi connectivity index (χ0v) is 20.2. The summed E-state index contributed by atoms with van der Waals surface area (Å²) in [5.74, 6) is 3.18. The van der Waals surface area contributed by atoms with Crippen LogP contribution < -0.4 is 0 Å². The van der Waals surface area contributed by atoms with Crippen LogP contribution in [0, 0.1) is 0 Å². The fraction of sp³-hybridized carbons (Fsp3) is 0.100. The van der Waals surface area contributed by atoms with Gasteiger partial charge in [-0.15, -0.1) is 0 Å². The molecule has 0 fully saturated rings. The molecule has 0 saturated carbocycles. The van der Waals surface area contributed by atoms with E-state index < -0.39 is 17.9 Å². The average molecular weight is 522 g/mol. The molecule has 0 unspecified atom stereocenters. The zero-order chi connectivity index (χ0) is 27.8. The first-order valence-corrected chi connectivity index (χ1v) is 11.6. The average Bonchev–Trinajstić information content (AvgIpc) is 2.98. The summed E-state index contributed by atoms with van der Waals surface area (Å²) < 4.78 is 16.1. The molecule has 1 aromatic rings. The molecule has 3 aliphatic rings. The smallest absolute Gasteiger partial charge is 0.343 e. The summed E-state index contributed by atoms with van der Waals surface area (Å²) in [6.45, 7) is 0. The predicted molar refractivity (Wildman–Crippen MR) is 136 cm³/mol. The van der Waals surface area contributed by atoms with Gasteiger partial charge in [0.1, 0.15) is 35.1 Å². The van der Waals surface area contributed by atoms with Crippen molar-refractivity contribution in [3.63, 3.8) is 0 Å². The lowest BCUT2D eigenvalue weighted by molar-refractivity contribution is 0.0635. The molecule has 9 nitrogen and oxygen atoms in total. The van der Waals surface area contributed by atoms with Crippen molar-refractivity contribution >= 4 is 35.7 Å². The van der Waals surface area contributed by atoms with Crippen molar-refractivity contribution < 1.29 is 43.0 Å². The Morgan fingerprint density at radius 3 is 0.974 bits per heavy atom. The van der Waals surface area contributed by atoms with Gasteiger partial charge < -0.3 is 14.2 Å². The van der Waals surface area contributed by atoms with E-state index in [1.54, 1.807) is 17.8 Å². The monoisotopic (exact) mass is 522 g/mol. The number of rotatable bonds is 6. The lowest BCUT2D eigenvalue weighted by atomic mass is 10.0. The van der Waals surface area contributed by atoms with Crippen LogP contribution in [0.3, 0.4) is 0 Å². The van der Waals surface area contributed by atoms with Crippen molar-refractivity contribution in [3.8, 4) is 0 Å². The maximum atomic E-state index is 12.9. The molecule has 0 aliphatic heterocycles. The van der Waals surface area contributed by atoms with E-state index in [1.807, 2.05) is 0 Å². The Kier molecular flexibility index (Phi) is 8.22. The van der Waals surface area contributed by atoms with Crippen molar-refractivity contribution in [3.05, 3.63) is 124 Å². The van der Waals surface area contributed by atoms with Gasteiger partial charge in [0.2, 0.25) is 0 Å². The van der Waals surface area contributed by atoms with Gasteiger partial charge in [0.15, 0.2) is 0 Å². The largest absolute Gasteiger partial charge is 0.423 e. The minimum Gasteiger partial charge on any atom is -0.423 e. The predicted octanol–water partition coefficient (Wildman–Crippen LogP) is 3.96. The van der Waals surface area contributed by atoms with Gasteiger partial charge in [-0.25, -0.2) is 28.8 Å². The Morgan fingerprint density at radius 2 is 0.769 bits per heavy atom. The molecule has 39 heavy (non-hydrogen) atoms. The number of benzene rings is 1. The van der Waals surface area contributed by atoms with Crippen molar-refractivity contribution in [1.82, 2.24) is 0 Å². The van der Waals surface area contributed by atoms with Crippen LogP contribution in [0.5, 0.6) is 0 Å². The molecule has 9 heteroatoms. The van der Waals surface area contributed by atoms with Gasteiger partial charge in [-0.3, -0.25) is 0 Å². The summed E-state index contributed by atoms with van der Waals surface area (Å²) in [6, 6.07) is 3.61. The van der Waals surface area contributed by atoms with Crippen molar-refractivity contribution in [2.75, 3.05) is 0 Å². The Labute approximate surface area is 221 Å². The van der Waals surface area contributed by atoms with E-state index in [-0.39, 0.29) is 53.2 Å². The van der Waals surface area contributed by atoms with Gasteiger partial charge in [-0.1, -0.05) is 0 Å². The molecule has 0 amide bonds. The quantitative estimate of drug-likeness (QED) is 0.309. The Morgan fingerprint density at radius 1 is 0.487 bits per heavy atom. The molecule has 0 radical (unpaired) electrons. The van der Waals surface area contributed by atoms with Crippen LogP contribution in [0.15, 0.2) is 107 Å². The number of hydrogen-bond donors (Lipinski definition) is 0. The molecule has 0 N–H and O–H groups in total. The van der Waals surface area contributed by atoms with E-state index in [4.69, 9.17) is 14.2 Å². The summed E-state index contributed by atoms with van der Waals surface area (Å²) in [7, 11) is 0. The first-order valence-electron chi connectivity index (χ1n) is 11.6. The summed E-state index contributed by atoms with van der Waals surface area (Å²) in [6.07, 6.45) is 13.8. The van der Waals surface area contributed by atoms with Crippen LogP contribution in [0.4, 0.5) is 0 Å². The fourth-order valence-corrected chi connectivity index (χ4v) is 3.52. The number of carbonyl (C=O) groups is 3. The molecule has 0 atom stereocenters. The SMILES string of the molecule is O=C=C1C=CC(OC(=O)c2cc(C(=O)OC3=CCC(=C=O)C=C3)cc(C(=O)OC3=CCC(=C=O)C=C3)c2)=CC1. The highest BCUT2D eigenvalue weighted by Crippen LogP contribution is 2.22. The second kappa shape index (κ2) is 12.1. The maximum absolute atomic E-state index is 12.9. The molecule has 0 saturated heterocycles. The summed E-state index contributed by atoms with van der Waals surface area (Å²) in [5.41, 5.74) is 0.734. The van der Waals surface area contributed by atoms with Crippen LogP contribution in [-0.4, -0.2) is 35.7 Å². The normalized spacial score (nSPS) is 15.7. The Bertz CT molecular complexity index is 1400. The summed E-state index contributed by atoms with van der Waals surface area (Å²) >= 11 is 0. The van der Waals surface area contributed by atoms with E-state index in [2.05, 4.69) is 0 Å². The highest BCUT2D eigenvalue weighted by Gasteiger charge is 2.22. The number of hydrogen-bond acceptors (Lipinski definition) is 9. The molecular weight excluding hydrogens is 504 g/mol. The Hall–Kier alpha value is -5.58. The highest BCUT2D eigenvalue weighted by atomic mass is 16.5. The summed E-state index contributed by atoms with van der Waals surface area (Å²) in [5, 5.41) is 0. The molecule has 1 aromatic carbocycles. The van der Waals surface area contributed by atoms with Gasteiger partial charge in [0, 0.05) is 36.0 Å². The molecule has 0 spiro atoms. The van der Waals surface area contributed by atoms with E-state index in [1.165, 1.54) is 72.9 Å². The lowest BCUT2D eigenvalue weighted by Crippen LogP contribution is -2.13. The van der Waals surface area contributed by atoms with Gasteiger partial charge in [-0.2, -0.15) is 0 Å². The van der Waals surface area contributed by atoms with Crippen LogP contribution in [0.1, 0.15) is 50.3 Å². The third kappa shape index (κ3) is 6.80. The lowest BCUT2D eigenvalue weighted by Gasteiger charge is -2.13. The van der Waals surface area contributed by atoms with Crippen molar-refractivity contribution in [2.45, 2.75) is 19.3 Å². The molecule has 3 aliphatic carbocycles. The van der Waals surface area contributed by atoms with Gasteiger partial charge in [0.25, 0.3) is 0 Å².